The van der Waals surface area contributed by atoms with Gasteiger partial charge in [0.15, 0.2) is 0 Å². The van der Waals surface area contributed by atoms with Gasteiger partial charge in [0.2, 0.25) is 5.91 Å². The first-order valence-electron chi connectivity index (χ1n) is 9.10. The number of nitrogens with one attached hydrogen (secondary N) is 2. The summed E-state index contributed by atoms with van der Waals surface area (Å²) in [6, 6.07) is 4.22. The molecule has 0 radical (unpaired) electrons. The van der Waals surface area contributed by atoms with Gasteiger partial charge in [-0.25, -0.2) is 0 Å². The number of rotatable bonds is 6. The summed E-state index contributed by atoms with van der Waals surface area (Å²) in [6.07, 6.45) is 2.06. The van der Waals surface area contributed by atoms with Crippen LogP contribution in [0.5, 0.6) is 11.5 Å². The monoisotopic (exact) mass is 330 g/mol. The fourth-order valence-corrected chi connectivity index (χ4v) is 3.72. The fraction of sp³-hybridized carbons (Fsp3) is 0.632. The Kier molecular flexibility index (Phi) is 4.12. The van der Waals surface area contributed by atoms with Gasteiger partial charge in [0, 0.05) is 54.9 Å². The quantitative estimate of drug-likeness (QED) is 0.836. The van der Waals surface area contributed by atoms with Gasteiger partial charge >= 0.3 is 0 Å². The van der Waals surface area contributed by atoms with Crippen LogP contribution in [0.2, 0.25) is 0 Å². The molecule has 1 saturated carbocycles. The molecule has 2 heterocycles. The molecule has 1 aliphatic carbocycles. The maximum Gasteiger partial charge on any atom is 0.223 e. The Morgan fingerprint density at radius 2 is 2.25 bits per heavy atom. The maximum absolute atomic E-state index is 12.4. The van der Waals surface area contributed by atoms with Crippen molar-refractivity contribution in [3.63, 3.8) is 0 Å². The molecule has 3 unspecified atom stereocenters. The summed E-state index contributed by atoms with van der Waals surface area (Å²) in [5.74, 6) is 3.01. The van der Waals surface area contributed by atoms with Crippen molar-refractivity contribution in [2.24, 2.45) is 11.8 Å². The topological polar surface area (TPSA) is 59.6 Å². The van der Waals surface area contributed by atoms with Crippen LogP contribution in [0.3, 0.4) is 0 Å². The van der Waals surface area contributed by atoms with Gasteiger partial charge in [-0.05, 0) is 32.4 Å². The van der Waals surface area contributed by atoms with Crippen LogP contribution in [-0.2, 0) is 11.2 Å². The van der Waals surface area contributed by atoms with Gasteiger partial charge in [0.05, 0.1) is 6.61 Å². The Bertz CT molecular complexity index is 642. The number of fused-ring (bicyclic) bond motifs is 1. The Hall–Kier alpha value is -1.75. The summed E-state index contributed by atoms with van der Waals surface area (Å²) < 4.78 is 11.7. The van der Waals surface area contributed by atoms with Crippen molar-refractivity contribution in [1.82, 2.24) is 10.6 Å². The number of ether oxygens (including phenoxy) is 2. The second-order valence-electron chi connectivity index (χ2n) is 7.28. The van der Waals surface area contributed by atoms with Gasteiger partial charge < -0.3 is 20.1 Å². The van der Waals surface area contributed by atoms with E-state index in [1.54, 1.807) is 0 Å². The normalized spacial score (nSPS) is 27.8. The van der Waals surface area contributed by atoms with Gasteiger partial charge in [0.1, 0.15) is 17.6 Å². The van der Waals surface area contributed by atoms with Crippen LogP contribution in [0.25, 0.3) is 0 Å². The van der Waals surface area contributed by atoms with E-state index in [9.17, 15) is 4.79 Å². The van der Waals surface area contributed by atoms with Gasteiger partial charge in [-0.2, -0.15) is 0 Å². The van der Waals surface area contributed by atoms with Crippen LogP contribution in [0.4, 0.5) is 0 Å². The molecular weight excluding hydrogens is 304 g/mol. The molecule has 3 atom stereocenters. The molecule has 2 N–H and O–H groups in total. The lowest BCUT2D eigenvalue weighted by molar-refractivity contribution is -0.122. The van der Waals surface area contributed by atoms with Crippen LogP contribution in [-0.4, -0.2) is 38.3 Å². The molecule has 5 nitrogen and oxygen atoms in total. The van der Waals surface area contributed by atoms with Crippen LogP contribution >= 0.6 is 0 Å². The Morgan fingerprint density at radius 1 is 1.42 bits per heavy atom. The fourth-order valence-electron chi connectivity index (χ4n) is 3.72. The molecule has 1 saturated heterocycles. The zero-order valence-corrected chi connectivity index (χ0v) is 14.4. The van der Waals surface area contributed by atoms with E-state index in [0.717, 1.165) is 49.5 Å². The van der Waals surface area contributed by atoms with Gasteiger partial charge in [-0.3, -0.25) is 4.79 Å². The smallest absolute Gasteiger partial charge is 0.223 e. The number of amides is 1. The van der Waals surface area contributed by atoms with E-state index in [-0.39, 0.29) is 23.8 Å². The second kappa shape index (κ2) is 6.28. The summed E-state index contributed by atoms with van der Waals surface area (Å²) in [6.45, 7) is 7.55. The molecule has 1 aromatic rings. The van der Waals surface area contributed by atoms with Crippen LogP contribution in [0.15, 0.2) is 12.1 Å². The van der Waals surface area contributed by atoms with Gasteiger partial charge in [0.25, 0.3) is 0 Å². The minimum atomic E-state index is 0.0779. The number of hydrogen-bond donors (Lipinski definition) is 2. The van der Waals surface area contributed by atoms with Crippen molar-refractivity contribution in [2.45, 2.75) is 38.7 Å². The van der Waals surface area contributed by atoms with Crippen LogP contribution in [0.1, 0.15) is 37.3 Å². The van der Waals surface area contributed by atoms with Gasteiger partial charge in [-0.1, -0.05) is 0 Å². The van der Waals surface area contributed by atoms with E-state index in [4.69, 9.17) is 9.47 Å². The summed E-state index contributed by atoms with van der Waals surface area (Å²) in [5.41, 5.74) is 2.35. The summed E-state index contributed by atoms with van der Waals surface area (Å²) >= 11 is 0. The second-order valence-corrected chi connectivity index (χ2v) is 7.28. The zero-order chi connectivity index (χ0) is 16.7. The van der Waals surface area contributed by atoms with Crippen molar-refractivity contribution < 1.29 is 14.3 Å². The number of carbonyl (C=O) groups excluding carboxylic acids is 1. The highest BCUT2D eigenvalue weighted by Gasteiger charge is 2.46. The number of benzene rings is 1. The first-order valence-corrected chi connectivity index (χ1v) is 9.10. The highest BCUT2D eigenvalue weighted by Crippen LogP contribution is 2.52. The zero-order valence-electron chi connectivity index (χ0n) is 14.4. The third kappa shape index (κ3) is 2.97. The number of hydrogen-bond acceptors (Lipinski definition) is 4. The highest BCUT2D eigenvalue weighted by atomic mass is 16.5. The summed E-state index contributed by atoms with van der Waals surface area (Å²) in [7, 11) is 0. The Balaban J connectivity index is 1.46. The van der Waals surface area contributed by atoms with Crippen molar-refractivity contribution in [2.75, 3.05) is 26.2 Å². The molecular formula is C19H26N2O3. The van der Waals surface area contributed by atoms with E-state index >= 15 is 0 Å². The average molecular weight is 330 g/mol. The van der Waals surface area contributed by atoms with Crippen molar-refractivity contribution >= 4 is 5.91 Å². The predicted octanol–water partition coefficient (Wildman–Crippen LogP) is 1.85. The minimum absolute atomic E-state index is 0.0779. The molecule has 130 valence electrons. The van der Waals surface area contributed by atoms with E-state index in [1.165, 1.54) is 5.56 Å². The molecule has 1 aromatic carbocycles. The Morgan fingerprint density at radius 3 is 2.96 bits per heavy atom. The molecule has 5 heteroatoms. The van der Waals surface area contributed by atoms with Crippen molar-refractivity contribution in [3.8, 4) is 11.5 Å². The third-order valence-electron chi connectivity index (χ3n) is 5.29. The molecule has 24 heavy (non-hydrogen) atoms. The molecule has 3 aliphatic rings. The molecule has 2 aliphatic heterocycles. The van der Waals surface area contributed by atoms with Crippen molar-refractivity contribution in [3.05, 3.63) is 23.3 Å². The predicted molar refractivity (Wildman–Crippen MR) is 91.6 cm³/mol. The van der Waals surface area contributed by atoms with E-state index in [1.807, 2.05) is 6.92 Å². The molecule has 4 rings (SSSR count). The third-order valence-corrected chi connectivity index (χ3v) is 5.29. The summed E-state index contributed by atoms with van der Waals surface area (Å²) in [5, 5.41) is 6.34. The number of carbonyl (C=O) groups is 1. The molecule has 0 spiro atoms. The Labute approximate surface area is 143 Å². The van der Waals surface area contributed by atoms with Crippen LogP contribution < -0.4 is 20.1 Å². The van der Waals surface area contributed by atoms with Crippen LogP contribution in [0, 0.1) is 11.8 Å². The summed E-state index contributed by atoms with van der Waals surface area (Å²) in [4.78, 5) is 12.4. The first kappa shape index (κ1) is 15.8. The lowest BCUT2D eigenvalue weighted by Gasteiger charge is -2.27. The van der Waals surface area contributed by atoms with Gasteiger partial charge in [-0.15, -0.1) is 0 Å². The lowest BCUT2D eigenvalue weighted by atomic mass is 10.0. The highest BCUT2D eigenvalue weighted by molar-refractivity contribution is 5.83. The molecule has 0 aromatic heterocycles. The molecule has 0 bridgehead atoms. The molecule has 2 fully saturated rings. The lowest BCUT2D eigenvalue weighted by Crippen LogP contribution is -2.48. The first-order chi connectivity index (χ1) is 11.7. The van der Waals surface area contributed by atoms with E-state index in [2.05, 4.69) is 29.7 Å². The van der Waals surface area contributed by atoms with Crippen molar-refractivity contribution in [1.29, 1.82) is 0 Å². The van der Waals surface area contributed by atoms with E-state index < -0.39 is 0 Å². The standard InChI is InChI=1S/C19H26N2O3/c1-3-23-18-5-13-4-11(2)24-17(13)7-15(18)14-6-16(14)19(22)21-10-12-8-20-9-12/h5,7,11-12,14,16,20H,3-4,6,8-10H2,1-2H3,(H,21,22). The average Bonchev–Trinajstić information content (AvgIpc) is 3.21. The molecule has 1 amide bonds. The largest absolute Gasteiger partial charge is 0.494 e. The SMILES string of the molecule is CCOc1cc2c(cc1C1CC1C(=O)NCC1CNC1)OC(C)C2. The van der Waals surface area contributed by atoms with E-state index in [0.29, 0.717) is 12.5 Å². The maximum atomic E-state index is 12.4. The minimum Gasteiger partial charge on any atom is -0.494 e.